The molecule has 1 heterocycles. The molecule has 19 heavy (non-hydrogen) atoms. The summed E-state index contributed by atoms with van der Waals surface area (Å²) in [6.45, 7) is 2.67. The van der Waals surface area contributed by atoms with Gasteiger partial charge in [0.2, 0.25) is 0 Å². The van der Waals surface area contributed by atoms with Gasteiger partial charge in [0, 0.05) is 18.8 Å². The molecular weight excluding hydrogens is 248 g/mol. The third-order valence-electron chi connectivity index (χ3n) is 3.13. The average molecular weight is 265 g/mol. The molecule has 0 aliphatic heterocycles. The van der Waals surface area contributed by atoms with Crippen LogP contribution in [0.4, 0.5) is 8.78 Å². The Kier molecular flexibility index (Phi) is 4.27. The lowest BCUT2D eigenvalue weighted by atomic mass is 10.0. The molecule has 0 radical (unpaired) electrons. The van der Waals surface area contributed by atoms with Gasteiger partial charge in [0.25, 0.3) is 0 Å². The quantitative estimate of drug-likeness (QED) is 0.900. The number of nitrogens with one attached hydrogen (secondary N) is 1. The van der Waals surface area contributed by atoms with E-state index in [0.717, 1.165) is 5.69 Å². The number of aromatic nitrogens is 2. The summed E-state index contributed by atoms with van der Waals surface area (Å²) in [5, 5.41) is 3.23. The van der Waals surface area contributed by atoms with Gasteiger partial charge in [0.1, 0.15) is 11.6 Å². The standard InChI is InChI=1S/C14H17F2N3/c1-3-18-13(14-8-17-9-19(14)2)7-10-11(15)5-4-6-12(10)16/h4-6,8-9,13,18H,3,7H2,1-2H3. The van der Waals surface area contributed by atoms with E-state index in [9.17, 15) is 8.78 Å². The molecule has 0 spiro atoms. The predicted octanol–water partition coefficient (Wildman–Crippen LogP) is 2.59. The monoisotopic (exact) mass is 265 g/mol. The van der Waals surface area contributed by atoms with Gasteiger partial charge in [-0.25, -0.2) is 13.8 Å². The van der Waals surface area contributed by atoms with E-state index in [1.165, 1.54) is 18.2 Å². The van der Waals surface area contributed by atoms with Crippen LogP contribution in [0.2, 0.25) is 0 Å². The van der Waals surface area contributed by atoms with E-state index in [0.29, 0.717) is 6.54 Å². The van der Waals surface area contributed by atoms with Crippen LogP contribution in [0, 0.1) is 11.6 Å². The van der Waals surface area contributed by atoms with Gasteiger partial charge in [-0.1, -0.05) is 13.0 Å². The Morgan fingerprint density at radius 3 is 2.53 bits per heavy atom. The van der Waals surface area contributed by atoms with Crippen molar-refractivity contribution >= 4 is 0 Å². The lowest BCUT2D eigenvalue weighted by Gasteiger charge is -2.19. The third kappa shape index (κ3) is 2.98. The topological polar surface area (TPSA) is 29.9 Å². The molecule has 0 bridgehead atoms. The van der Waals surface area contributed by atoms with Crippen LogP contribution in [-0.2, 0) is 13.5 Å². The fourth-order valence-corrected chi connectivity index (χ4v) is 2.16. The van der Waals surface area contributed by atoms with Crippen molar-refractivity contribution in [1.29, 1.82) is 0 Å². The van der Waals surface area contributed by atoms with Crippen LogP contribution in [0.3, 0.4) is 0 Å². The molecule has 1 atom stereocenters. The number of aryl methyl sites for hydroxylation is 1. The van der Waals surface area contributed by atoms with Crippen molar-refractivity contribution in [3.63, 3.8) is 0 Å². The summed E-state index contributed by atoms with van der Waals surface area (Å²) < 4.78 is 29.3. The van der Waals surface area contributed by atoms with Gasteiger partial charge in [-0.2, -0.15) is 0 Å². The zero-order valence-electron chi connectivity index (χ0n) is 11.0. The van der Waals surface area contributed by atoms with E-state index >= 15 is 0 Å². The van der Waals surface area contributed by atoms with Crippen molar-refractivity contribution in [3.05, 3.63) is 53.6 Å². The molecule has 0 aliphatic carbocycles. The molecule has 102 valence electrons. The minimum Gasteiger partial charge on any atom is -0.336 e. The SMILES string of the molecule is CCNC(Cc1c(F)cccc1F)c1cncn1C. The first kappa shape index (κ1) is 13.7. The fourth-order valence-electron chi connectivity index (χ4n) is 2.16. The minimum atomic E-state index is -0.509. The van der Waals surface area contributed by atoms with Gasteiger partial charge in [0.05, 0.1) is 18.1 Å². The molecule has 0 saturated heterocycles. The molecule has 0 aliphatic rings. The molecule has 5 heteroatoms. The number of halogens is 2. The second-order valence-electron chi connectivity index (χ2n) is 4.44. The van der Waals surface area contributed by atoms with Crippen molar-refractivity contribution in [3.8, 4) is 0 Å². The third-order valence-corrected chi connectivity index (χ3v) is 3.13. The number of benzene rings is 1. The number of hydrogen-bond donors (Lipinski definition) is 1. The first-order chi connectivity index (χ1) is 9.13. The molecule has 0 amide bonds. The highest BCUT2D eigenvalue weighted by Gasteiger charge is 2.18. The Morgan fingerprint density at radius 1 is 1.32 bits per heavy atom. The summed E-state index contributed by atoms with van der Waals surface area (Å²) >= 11 is 0. The molecule has 1 aromatic heterocycles. The van der Waals surface area contributed by atoms with Gasteiger partial charge >= 0.3 is 0 Å². The maximum atomic E-state index is 13.7. The van der Waals surface area contributed by atoms with E-state index in [-0.39, 0.29) is 18.0 Å². The summed E-state index contributed by atoms with van der Waals surface area (Å²) in [7, 11) is 1.87. The summed E-state index contributed by atoms with van der Waals surface area (Å²) in [6, 6.07) is 3.78. The van der Waals surface area contributed by atoms with Crippen LogP contribution in [0.25, 0.3) is 0 Å². The van der Waals surface area contributed by atoms with Crippen molar-refractivity contribution in [2.24, 2.45) is 7.05 Å². The molecular formula is C14H17F2N3. The largest absolute Gasteiger partial charge is 0.336 e. The first-order valence-corrected chi connectivity index (χ1v) is 6.26. The summed E-state index contributed by atoms with van der Waals surface area (Å²) in [5.74, 6) is -1.02. The highest BCUT2D eigenvalue weighted by Crippen LogP contribution is 2.21. The second kappa shape index (κ2) is 5.93. The summed E-state index contributed by atoms with van der Waals surface area (Å²) in [6.07, 6.45) is 3.65. The summed E-state index contributed by atoms with van der Waals surface area (Å²) in [5.41, 5.74) is 1.01. The van der Waals surface area contributed by atoms with Crippen LogP contribution in [0.5, 0.6) is 0 Å². The maximum absolute atomic E-state index is 13.7. The highest BCUT2D eigenvalue weighted by atomic mass is 19.1. The number of hydrogen-bond acceptors (Lipinski definition) is 2. The average Bonchev–Trinajstić information content (AvgIpc) is 2.79. The zero-order chi connectivity index (χ0) is 13.8. The lowest BCUT2D eigenvalue weighted by molar-refractivity contribution is 0.484. The Hall–Kier alpha value is -1.75. The van der Waals surface area contributed by atoms with Gasteiger partial charge in [-0.05, 0) is 25.1 Å². The van der Waals surface area contributed by atoms with Crippen molar-refractivity contribution in [2.75, 3.05) is 6.54 Å². The molecule has 2 rings (SSSR count). The normalized spacial score (nSPS) is 12.6. The van der Waals surface area contributed by atoms with Gasteiger partial charge < -0.3 is 9.88 Å². The number of imidazole rings is 1. The molecule has 1 unspecified atom stereocenters. The maximum Gasteiger partial charge on any atom is 0.129 e. The van der Waals surface area contributed by atoms with E-state index in [1.807, 2.05) is 18.5 Å². The van der Waals surface area contributed by atoms with E-state index in [2.05, 4.69) is 10.3 Å². The molecule has 1 N–H and O–H groups in total. The van der Waals surface area contributed by atoms with Crippen LogP contribution < -0.4 is 5.32 Å². The molecule has 0 saturated carbocycles. The van der Waals surface area contributed by atoms with Crippen LogP contribution in [0.15, 0.2) is 30.7 Å². The van der Waals surface area contributed by atoms with Crippen LogP contribution in [0.1, 0.15) is 24.2 Å². The van der Waals surface area contributed by atoms with E-state index in [4.69, 9.17) is 0 Å². The van der Waals surface area contributed by atoms with Crippen molar-refractivity contribution < 1.29 is 8.78 Å². The van der Waals surface area contributed by atoms with Crippen LogP contribution >= 0.6 is 0 Å². The highest BCUT2D eigenvalue weighted by molar-refractivity contribution is 5.22. The molecule has 1 aromatic carbocycles. The summed E-state index contributed by atoms with van der Waals surface area (Å²) in [4.78, 5) is 4.05. The van der Waals surface area contributed by atoms with E-state index < -0.39 is 11.6 Å². The first-order valence-electron chi connectivity index (χ1n) is 6.26. The minimum absolute atomic E-state index is 0.106. The molecule has 0 fully saturated rings. The van der Waals surface area contributed by atoms with Crippen LogP contribution in [-0.4, -0.2) is 16.1 Å². The van der Waals surface area contributed by atoms with Crippen molar-refractivity contribution in [2.45, 2.75) is 19.4 Å². The number of likely N-dealkylation sites (N-methyl/N-ethyl adjacent to an activating group) is 1. The van der Waals surface area contributed by atoms with Gasteiger partial charge in [0.15, 0.2) is 0 Å². The number of rotatable bonds is 5. The Bertz CT molecular complexity index is 531. The Labute approximate surface area is 111 Å². The smallest absolute Gasteiger partial charge is 0.129 e. The zero-order valence-corrected chi connectivity index (χ0v) is 11.0. The van der Waals surface area contributed by atoms with Gasteiger partial charge in [-0.3, -0.25) is 0 Å². The second-order valence-corrected chi connectivity index (χ2v) is 4.44. The van der Waals surface area contributed by atoms with E-state index in [1.54, 1.807) is 12.5 Å². The predicted molar refractivity (Wildman–Crippen MR) is 69.7 cm³/mol. The fraction of sp³-hybridized carbons (Fsp3) is 0.357. The Morgan fingerprint density at radius 2 is 2.00 bits per heavy atom. The molecule has 3 nitrogen and oxygen atoms in total. The van der Waals surface area contributed by atoms with Crippen molar-refractivity contribution in [1.82, 2.24) is 14.9 Å². The Balaban J connectivity index is 2.29. The molecule has 2 aromatic rings. The lowest BCUT2D eigenvalue weighted by Crippen LogP contribution is -2.25. The van der Waals surface area contributed by atoms with Gasteiger partial charge in [-0.15, -0.1) is 0 Å². The number of nitrogens with zero attached hydrogens (tertiary/aromatic N) is 2.